The van der Waals surface area contributed by atoms with Crippen molar-refractivity contribution in [3.63, 3.8) is 0 Å². The minimum Gasteiger partial charge on any atom is -0.512 e. The summed E-state index contributed by atoms with van der Waals surface area (Å²) in [6.07, 6.45) is 2.77. The number of ether oxygens (including phenoxy) is 2. The van der Waals surface area contributed by atoms with Gasteiger partial charge in [-0.2, -0.15) is 0 Å². The van der Waals surface area contributed by atoms with Gasteiger partial charge in [0.1, 0.15) is 11.5 Å². The molecule has 1 fully saturated rings. The zero-order valence-corrected chi connectivity index (χ0v) is 13.9. The number of allylic oxidation sites excluding steroid dienone is 2. The van der Waals surface area contributed by atoms with E-state index in [1.54, 1.807) is 0 Å². The number of aryl methyl sites for hydroxylation is 1. The first kappa shape index (κ1) is 16.1. The third kappa shape index (κ3) is 3.13. The Labute approximate surface area is 137 Å². The van der Waals surface area contributed by atoms with Crippen molar-refractivity contribution >= 4 is 11.4 Å². The number of hydrogen-bond acceptors (Lipinski definition) is 4. The minimum absolute atomic E-state index is 0.0444. The summed E-state index contributed by atoms with van der Waals surface area (Å²) in [6.45, 7) is 5.85. The maximum absolute atomic E-state index is 12.8. The van der Waals surface area contributed by atoms with E-state index >= 15 is 0 Å². The molecule has 1 aliphatic heterocycles. The minimum atomic E-state index is -0.109. The fourth-order valence-electron chi connectivity index (χ4n) is 3.73. The van der Waals surface area contributed by atoms with Gasteiger partial charge < -0.3 is 14.6 Å². The molecule has 0 amide bonds. The molecule has 1 heterocycles. The van der Waals surface area contributed by atoms with Crippen molar-refractivity contribution < 1.29 is 19.4 Å². The predicted molar refractivity (Wildman–Crippen MR) is 88.6 cm³/mol. The number of ketones is 1. The van der Waals surface area contributed by atoms with Gasteiger partial charge in [-0.3, -0.25) is 4.79 Å². The van der Waals surface area contributed by atoms with Gasteiger partial charge in [0.15, 0.2) is 5.78 Å². The van der Waals surface area contributed by atoms with E-state index in [4.69, 9.17) is 9.47 Å². The van der Waals surface area contributed by atoms with Crippen LogP contribution < -0.4 is 4.74 Å². The molecule has 1 spiro atoms. The lowest BCUT2D eigenvalue weighted by molar-refractivity contribution is -0.118. The number of Topliss-reactive ketones (excluding diaryl/α,β-unsaturated/α-hetero) is 1. The summed E-state index contributed by atoms with van der Waals surface area (Å²) < 4.78 is 10.9. The molecule has 2 aliphatic rings. The van der Waals surface area contributed by atoms with Crippen LogP contribution in [0.5, 0.6) is 5.75 Å². The number of aliphatic hydroxyl groups excluding tert-OH is 1. The van der Waals surface area contributed by atoms with Crippen LogP contribution in [0.25, 0.3) is 5.57 Å². The second-order valence-corrected chi connectivity index (χ2v) is 6.62. The lowest BCUT2D eigenvalue weighted by atomic mass is 9.68. The van der Waals surface area contributed by atoms with E-state index < -0.39 is 0 Å². The van der Waals surface area contributed by atoms with Gasteiger partial charge in [-0.05, 0) is 55.4 Å². The van der Waals surface area contributed by atoms with Gasteiger partial charge in [0, 0.05) is 26.1 Å². The molecular formula is C19H24O4. The molecule has 1 aromatic rings. The van der Waals surface area contributed by atoms with Crippen LogP contribution in [0.3, 0.4) is 0 Å². The van der Waals surface area contributed by atoms with Gasteiger partial charge in [0.2, 0.25) is 0 Å². The van der Waals surface area contributed by atoms with E-state index in [0.29, 0.717) is 38.2 Å². The predicted octanol–water partition coefficient (Wildman–Crippen LogP) is 3.82. The van der Waals surface area contributed by atoms with E-state index in [1.165, 1.54) is 0 Å². The summed E-state index contributed by atoms with van der Waals surface area (Å²) in [5.41, 5.74) is 2.15. The van der Waals surface area contributed by atoms with Gasteiger partial charge >= 0.3 is 0 Å². The first-order chi connectivity index (χ1) is 11.0. The molecule has 23 heavy (non-hydrogen) atoms. The highest BCUT2D eigenvalue weighted by Gasteiger charge is 2.41. The molecule has 4 nitrogen and oxygen atoms in total. The van der Waals surface area contributed by atoms with Crippen molar-refractivity contribution in [3.8, 4) is 5.75 Å². The Balaban J connectivity index is 1.93. The Kier molecular flexibility index (Phi) is 4.44. The van der Waals surface area contributed by atoms with E-state index in [2.05, 4.69) is 0 Å². The first-order valence-corrected chi connectivity index (χ1v) is 8.31. The maximum atomic E-state index is 12.8. The van der Waals surface area contributed by atoms with Crippen molar-refractivity contribution in [2.75, 3.05) is 19.8 Å². The highest BCUT2D eigenvalue weighted by molar-refractivity contribution is 6.22. The van der Waals surface area contributed by atoms with Crippen molar-refractivity contribution in [3.05, 3.63) is 35.1 Å². The summed E-state index contributed by atoms with van der Waals surface area (Å²) in [7, 11) is 0. The summed E-state index contributed by atoms with van der Waals surface area (Å²) in [5, 5.41) is 10.6. The zero-order valence-electron chi connectivity index (χ0n) is 13.9. The number of hydrogen-bond donors (Lipinski definition) is 1. The van der Waals surface area contributed by atoms with Gasteiger partial charge in [-0.15, -0.1) is 0 Å². The highest BCUT2D eigenvalue weighted by atomic mass is 16.5. The van der Waals surface area contributed by atoms with Crippen LogP contribution in [0.4, 0.5) is 0 Å². The van der Waals surface area contributed by atoms with Crippen molar-refractivity contribution in [1.29, 1.82) is 0 Å². The first-order valence-electron chi connectivity index (χ1n) is 8.31. The molecule has 0 bridgehead atoms. The average Bonchev–Trinajstić information content (AvgIpc) is 2.49. The number of carbonyl (C=O) groups is 1. The Hall–Kier alpha value is -1.81. The molecule has 1 aromatic carbocycles. The second-order valence-electron chi connectivity index (χ2n) is 6.62. The molecule has 1 aliphatic carbocycles. The Morgan fingerprint density at radius 1 is 1.26 bits per heavy atom. The van der Waals surface area contributed by atoms with Crippen molar-refractivity contribution in [2.24, 2.45) is 5.41 Å². The lowest BCUT2D eigenvalue weighted by Crippen LogP contribution is -2.36. The monoisotopic (exact) mass is 316 g/mol. The van der Waals surface area contributed by atoms with Crippen LogP contribution in [0.1, 0.15) is 43.7 Å². The van der Waals surface area contributed by atoms with Crippen LogP contribution >= 0.6 is 0 Å². The van der Waals surface area contributed by atoms with Gasteiger partial charge in [0.05, 0.1) is 12.2 Å². The Morgan fingerprint density at radius 3 is 2.61 bits per heavy atom. The van der Waals surface area contributed by atoms with Crippen molar-refractivity contribution in [1.82, 2.24) is 0 Å². The quantitative estimate of drug-likeness (QED) is 0.921. The normalized spacial score (nSPS) is 20.9. The van der Waals surface area contributed by atoms with Gasteiger partial charge in [-0.1, -0.05) is 6.07 Å². The topological polar surface area (TPSA) is 55.8 Å². The zero-order chi connectivity index (χ0) is 16.4. The Morgan fingerprint density at radius 2 is 2.00 bits per heavy atom. The third-order valence-electron chi connectivity index (χ3n) is 4.98. The number of aliphatic hydroxyl groups is 1. The van der Waals surface area contributed by atoms with E-state index in [0.717, 1.165) is 29.7 Å². The third-order valence-corrected chi connectivity index (χ3v) is 4.98. The van der Waals surface area contributed by atoms with Gasteiger partial charge in [-0.25, -0.2) is 0 Å². The molecule has 1 saturated heterocycles. The van der Waals surface area contributed by atoms with Crippen LogP contribution in [0, 0.1) is 12.3 Å². The summed E-state index contributed by atoms with van der Waals surface area (Å²) in [4.78, 5) is 12.8. The smallest absolute Gasteiger partial charge is 0.167 e. The summed E-state index contributed by atoms with van der Waals surface area (Å²) >= 11 is 0. The molecular weight excluding hydrogens is 292 g/mol. The lowest BCUT2D eigenvalue weighted by Gasteiger charge is -2.39. The fourth-order valence-corrected chi connectivity index (χ4v) is 3.73. The average molecular weight is 316 g/mol. The van der Waals surface area contributed by atoms with Crippen molar-refractivity contribution in [2.45, 2.75) is 39.5 Å². The molecule has 0 atom stereocenters. The molecule has 3 rings (SSSR count). The largest absolute Gasteiger partial charge is 0.512 e. The number of carbonyl (C=O) groups excluding carboxylic acids is 1. The number of rotatable bonds is 3. The highest BCUT2D eigenvalue weighted by Crippen LogP contribution is 2.46. The SMILES string of the molecule is CCOc1ccc(C2=C(O)CC3(CCOCC3)CC2=O)c(C)c1. The summed E-state index contributed by atoms with van der Waals surface area (Å²) in [6, 6.07) is 5.66. The van der Waals surface area contributed by atoms with Crippen LogP contribution in [-0.4, -0.2) is 30.7 Å². The van der Waals surface area contributed by atoms with E-state index in [1.807, 2.05) is 32.0 Å². The summed E-state index contributed by atoms with van der Waals surface area (Å²) in [5.74, 6) is 1.07. The van der Waals surface area contributed by atoms with E-state index in [9.17, 15) is 9.90 Å². The molecule has 1 N–H and O–H groups in total. The second kappa shape index (κ2) is 6.36. The molecule has 0 saturated carbocycles. The van der Waals surface area contributed by atoms with E-state index in [-0.39, 0.29) is 17.0 Å². The van der Waals surface area contributed by atoms with Crippen LogP contribution in [0.2, 0.25) is 0 Å². The standard InChI is InChI=1S/C19H24O4/c1-3-23-14-4-5-15(13(2)10-14)18-16(20)11-19(12-17(18)21)6-8-22-9-7-19/h4-5,10,20H,3,6-9,11-12H2,1-2H3. The fraction of sp³-hybridized carbons (Fsp3) is 0.526. The van der Waals surface area contributed by atoms with Gasteiger partial charge in [0.25, 0.3) is 0 Å². The molecule has 124 valence electrons. The Bertz CT molecular complexity index is 639. The maximum Gasteiger partial charge on any atom is 0.167 e. The van der Waals surface area contributed by atoms with Crippen LogP contribution in [-0.2, 0) is 9.53 Å². The molecule has 0 radical (unpaired) electrons. The molecule has 4 heteroatoms. The molecule has 0 aromatic heterocycles. The number of benzene rings is 1. The molecule has 0 unspecified atom stereocenters. The van der Waals surface area contributed by atoms with Crippen LogP contribution in [0.15, 0.2) is 24.0 Å².